The highest BCUT2D eigenvalue weighted by molar-refractivity contribution is 6.33. The molecule has 3 aromatic rings. The van der Waals surface area contributed by atoms with Crippen LogP contribution in [0.25, 0.3) is 11.3 Å². The summed E-state index contributed by atoms with van der Waals surface area (Å²) in [6.45, 7) is 0. The molecule has 0 unspecified atom stereocenters. The highest BCUT2D eigenvalue weighted by Crippen LogP contribution is 2.32. The first-order valence-corrected chi connectivity index (χ1v) is 8.35. The molecule has 0 radical (unpaired) electrons. The molecular formula is C18H11ClN4O6. The fourth-order valence-electron chi connectivity index (χ4n) is 2.42. The van der Waals surface area contributed by atoms with Gasteiger partial charge in [0.1, 0.15) is 17.1 Å². The van der Waals surface area contributed by atoms with Crippen molar-refractivity contribution in [1.82, 2.24) is 5.43 Å². The summed E-state index contributed by atoms with van der Waals surface area (Å²) in [4.78, 5) is 32.8. The van der Waals surface area contributed by atoms with Crippen LogP contribution in [0.2, 0.25) is 5.02 Å². The smallest absolute Gasteiger partial charge is 0.282 e. The number of nitro benzene ring substituents is 2. The molecule has 0 spiro atoms. The van der Waals surface area contributed by atoms with E-state index in [-0.39, 0.29) is 33.5 Å². The minimum absolute atomic E-state index is 0.141. The van der Waals surface area contributed by atoms with Gasteiger partial charge in [-0.2, -0.15) is 5.10 Å². The first-order valence-electron chi connectivity index (χ1n) is 7.98. The van der Waals surface area contributed by atoms with Gasteiger partial charge in [0.2, 0.25) is 0 Å². The van der Waals surface area contributed by atoms with E-state index >= 15 is 0 Å². The minimum Gasteiger partial charge on any atom is -0.455 e. The van der Waals surface area contributed by atoms with Gasteiger partial charge < -0.3 is 4.42 Å². The molecule has 0 aliphatic carbocycles. The second kappa shape index (κ2) is 8.31. The first kappa shape index (κ1) is 19.7. The zero-order valence-electron chi connectivity index (χ0n) is 14.4. The van der Waals surface area contributed by atoms with E-state index < -0.39 is 15.8 Å². The number of carbonyl (C=O) groups excluding carboxylic acids is 1. The number of amides is 1. The maximum Gasteiger partial charge on any atom is 0.282 e. The lowest BCUT2D eigenvalue weighted by atomic mass is 10.1. The van der Waals surface area contributed by atoms with Gasteiger partial charge in [0.15, 0.2) is 0 Å². The largest absolute Gasteiger partial charge is 0.455 e. The number of para-hydroxylation sites is 1. The Morgan fingerprint density at radius 2 is 1.83 bits per heavy atom. The van der Waals surface area contributed by atoms with E-state index in [0.29, 0.717) is 5.56 Å². The Labute approximate surface area is 167 Å². The van der Waals surface area contributed by atoms with E-state index in [4.69, 9.17) is 16.0 Å². The van der Waals surface area contributed by atoms with Gasteiger partial charge in [0.05, 0.1) is 21.1 Å². The Balaban J connectivity index is 1.75. The molecular weight excluding hydrogens is 404 g/mol. The molecule has 0 bridgehead atoms. The Kier molecular flexibility index (Phi) is 5.65. The van der Waals surface area contributed by atoms with Crippen molar-refractivity contribution in [2.24, 2.45) is 5.10 Å². The number of nitrogens with one attached hydrogen (secondary N) is 1. The molecule has 10 nitrogen and oxygen atoms in total. The van der Waals surface area contributed by atoms with Gasteiger partial charge in [0, 0.05) is 23.8 Å². The quantitative estimate of drug-likeness (QED) is 0.364. The lowest BCUT2D eigenvalue weighted by molar-refractivity contribution is -0.385. The highest BCUT2D eigenvalue weighted by atomic mass is 35.5. The number of non-ortho nitro benzene ring substituents is 1. The van der Waals surface area contributed by atoms with E-state index in [1.54, 1.807) is 0 Å². The number of nitrogens with zero attached hydrogens (tertiary/aromatic N) is 3. The lowest BCUT2D eigenvalue weighted by Gasteiger charge is -2.01. The summed E-state index contributed by atoms with van der Waals surface area (Å²) < 4.78 is 5.52. The average Bonchev–Trinajstić information content (AvgIpc) is 3.16. The predicted octanol–water partition coefficient (Wildman–Crippen LogP) is 4.18. The van der Waals surface area contributed by atoms with Crippen molar-refractivity contribution < 1.29 is 19.1 Å². The fraction of sp³-hybridized carbons (Fsp3) is 0. The Morgan fingerprint density at radius 1 is 1.07 bits per heavy atom. The normalized spacial score (nSPS) is 10.8. The van der Waals surface area contributed by atoms with E-state index in [9.17, 15) is 25.0 Å². The van der Waals surface area contributed by atoms with Gasteiger partial charge in [-0.3, -0.25) is 25.0 Å². The fourth-order valence-corrected chi connectivity index (χ4v) is 2.63. The third-order valence-electron chi connectivity index (χ3n) is 3.76. The zero-order valence-corrected chi connectivity index (χ0v) is 15.2. The maximum atomic E-state index is 12.1. The van der Waals surface area contributed by atoms with Gasteiger partial charge in [-0.1, -0.05) is 23.7 Å². The molecule has 1 N–H and O–H groups in total. The monoisotopic (exact) mass is 414 g/mol. The number of nitro groups is 2. The molecule has 1 aromatic heterocycles. The second-order valence-electron chi connectivity index (χ2n) is 5.60. The van der Waals surface area contributed by atoms with Crippen LogP contribution in [0.3, 0.4) is 0 Å². The van der Waals surface area contributed by atoms with Crippen molar-refractivity contribution in [1.29, 1.82) is 0 Å². The van der Waals surface area contributed by atoms with Crippen molar-refractivity contribution in [3.05, 3.63) is 91.2 Å². The molecule has 0 aliphatic rings. The summed E-state index contributed by atoms with van der Waals surface area (Å²) in [6, 6.07) is 12.4. The minimum atomic E-state index is -0.762. The molecule has 1 amide bonds. The molecule has 0 saturated carbocycles. The van der Waals surface area contributed by atoms with Crippen LogP contribution >= 0.6 is 11.6 Å². The molecule has 0 atom stereocenters. The Morgan fingerprint density at radius 3 is 2.55 bits per heavy atom. The number of rotatable bonds is 6. The van der Waals surface area contributed by atoms with Gasteiger partial charge in [-0.25, -0.2) is 5.43 Å². The van der Waals surface area contributed by atoms with Crippen molar-refractivity contribution >= 4 is 35.1 Å². The van der Waals surface area contributed by atoms with Crippen LogP contribution in [0, 0.1) is 20.2 Å². The number of hydrogen-bond donors (Lipinski definition) is 1. The van der Waals surface area contributed by atoms with Crippen molar-refractivity contribution in [2.45, 2.75) is 0 Å². The summed E-state index contributed by atoms with van der Waals surface area (Å²) in [5.41, 5.74) is 1.87. The molecule has 146 valence electrons. The third kappa shape index (κ3) is 4.45. The summed E-state index contributed by atoms with van der Waals surface area (Å²) in [5.74, 6) is -0.266. The second-order valence-corrected chi connectivity index (χ2v) is 6.00. The number of benzene rings is 2. The molecule has 2 aromatic carbocycles. The molecule has 29 heavy (non-hydrogen) atoms. The SMILES string of the molecule is O=C(N/N=C\c1ccc(-c2cc([N+](=O)[O-])ccc2Cl)o1)c1ccccc1[N+](=O)[O-]. The van der Waals surface area contributed by atoms with Gasteiger partial charge in [0.25, 0.3) is 17.3 Å². The van der Waals surface area contributed by atoms with E-state index in [1.807, 2.05) is 0 Å². The highest BCUT2D eigenvalue weighted by Gasteiger charge is 2.18. The molecule has 0 aliphatic heterocycles. The summed E-state index contributed by atoms with van der Waals surface area (Å²) >= 11 is 6.07. The van der Waals surface area contributed by atoms with Crippen molar-refractivity contribution in [3.63, 3.8) is 0 Å². The Hall–Kier alpha value is -4.05. The standard InChI is InChI=1S/C18H11ClN4O6/c19-15-7-5-11(22(25)26)9-14(15)17-8-6-12(29-17)10-20-21-18(24)13-3-1-2-4-16(13)23(27)28/h1-10H,(H,21,24)/b20-10-. The van der Waals surface area contributed by atoms with Crippen molar-refractivity contribution in [2.75, 3.05) is 0 Å². The number of hydrogen-bond acceptors (Lipinski definition) is 7. The van der Waals surface area contributed by atoms with Crippen LogP contribution in [0.5, 0.6) is 0 Å². The summed E-state index contributed by atoms with van der Waals surface area (Å²) in [6.07, 6.45) is 1.18. The van der Waals surface area contributed by atoms with E-state index in [0.717, 1.165) is 0 Å². The zero-order chi connectivity index (χ0) is 21.0. The lowest BCUT2D eigenvalue weighted by Crippen LogP contribution is -2.18. The van der Waals surface area contributed by atoms with Gasteiger partial charge in [-0.05, 0) is 24.3 Å². The number of hydrazone groups is 1. The van der Waals surface area contributed by atoms with Gasteiger partial charge >= 0.3 is 0 Å². The third-order valence-corrected chi connectivity index (χ3v) is 4.09. The number of carbonyl (C=O) groups is 1. The van der Waals surface area contributed by atoms with Crippen LogP contribution in [-0.4, -0.2) is 22.0 Å². The maximum absolute atomic E-state index is 12.1. The summed E-state index contributed by atoms with van der Waals surface area (Å²) in [5, 5.41) is 25.9. The van der Waals surface area contributed by atoms with Crippen LogP contribution in [0.15, 0.2) is 64.1 Å². The first-order chi connectivity index (χ1) is 13.9. The van der Waals surface area contributed by atoms with Crippen LogP contribution < -0.4 is 5.43 Å². The summed E-state index contributed by atoms with van der Waals surface area (Å²) in [7, 11) is 0. The molecule has 0 fully saturated rings. The predicted molar refractivity (Wildman–Crippen MR) is 104 cm³/mol. The van der Waals surface area contributed by atoms with E-state index in [2.05, 4.69) is 10.5 Å². The van der Waals surface area contributed by atoms with E-state index in [1.165, 1.54) is 60.8 Å². The van der Waals surface area contributed by atoms with Crippen molar-refractivity contribution in [3.8, 4) is 11.3 Å². The molecule has 0 saturated heterocycles. The van der Waals surface area contributed by atoms with Crippen LogP contribution in [-0.2, 0) is 0 Å². The number of halogens is 1. The van der Waals surface area contributed by atoms with Crippen LogP contribution in [0.4, 0.5) is 11.4 Å². The average molecular weight is 415 g/mol. The topological polar surface area (TPSA) is 141 Å². The molecule has 3 rings (SSSR count). The molecule has 1 heterocycles. The Bertz CT molecular complexity index is 1140. The van der Waals surface area contributed by atoms with Gasteiger partial charge in [-0.15, -0.1) is 0 Å². The number of furan rings is 1. The molecule has 11 heteroatoms. The van der Waals surface area contributed by atoms with Crippen LogP contribution in [0.1, 0.15) is 16.1 Å².